The van der Waals surface area contributed by atoms with Gasteiger partial charge in [-0.2, -0.15) is 0 Å². The molecule has 0 radical (unpaired) electrons. The molecule has 0 unspecified atom stereocenters. The Morgan fingerprint density at radius 3 is 2.35 bits per heavy atom. The number of hydrogen-bond donors (Lipinski definition) is 1. The van der Waals surface area contributed by atoms with E-state index in [-0.39, 0.29) is 17.0 Å². The molecule has 1 heterocycles. The summed E-state index contributed by atoms with van der Waals surface area (Å²) in [5.41, 5.74) is -0.333. The zero-order valence-corrected chi connectivity index (χ0v) is 8.83. The van der Waals surface area contributed by atoms with Gasteiger partial charge in [-0.05, 0) is 12.1 Å². The molecule has 2 aromatic rings. The quantitative estimate of drug-likeness (QED) is 0.842. The molecule has 0 aliphatic heterocycles. The summed E-state index contributed by atoms with van der Waals surface area (Å²) in [6.45, 7) is 0. The summed E-state index contributed by atoms with van der Waals surface area (Å²) in [4.78, 5) is 10.5. The fourth-order valence-electron chi connectivity index (χ4n) is 1.21. The van der Waals surface area contributed by atoms with Gasteiger partial charge in [0.05, 0.1) is 0 Å². The Balaban J connectivity index is 2.49. The zero-order valence-electron chi connectivity index (χ0n) is 8.08. The Morgan fingerprint density at radius 1 is 1.29 bits per heavy atom. The summed E-state index contributed by atoms with van der Waals surface area (Å²) in [5.74, 6) is -3.28. The van der Waals surface area contributed by atoms with Gasteiger partial charge >= 0.3 is 5.97 Å². The van der Waals surface area contributed by atoms with Crippen molar-refractivity contribution in [3.63, 3.8) is 0 Å². The van der Waals surface area contributed by atoms with Crippen molar-refractivity contribution in [1.29, 1.82) is 0 Å². The summed E-state index contributed by atoms with van der Waals surface area (Å²) in [6, 6.07) is 2.92. The summed E-state index contributed by atoms with van der Waals surface area (Å²) >= 11 is 5.30. The Morgan fingerprint density at radius 2 is 1.88 bits per heavy atom. The van der Waals surface area contributed by atoms with Crippen LogP contribution in [0.5, 0.6) is 0 Å². The van der Waals surface area contributed by atoms with Crippen LogP contribution in [0.4, 0.5) is 8.78 Å². The second-order valence-corrected chi connectivity index (χ2v) is 3.51. The molecule has 1 aromatic carbocycles. The van der Waals surface area contributed by atoms with Crippen molar-refractivity contribution in [3.8, 4) is 11.3 Å². The van der Waals surface area contributed by atoms with E-state index < -0.39 is 22.6 Å². The molecule has 0 saturated heterocycles. The van der Waals surface area contributed by atoms with Crippen LogP contribution in [-0.4, -0.2) is 16.2 Å². The Bertz CT molecular complexity index is 574. The number of rotatable bonds is 2. The van der Waals surface area contributed by atoms with Gasteiger partial charge in [-0.25, -0.2) is 13.6 Å². The van der Waals surface area contributed by atoms with Gasteiger partial charge in [-0.3, -0.25) is 0 Å². The van der Waals surface area contributed by atoms with E-state index >= 15 is 0 Å². The van der Waals surface area contributed by atoms with Gasteiger partial charge in [0.1, 0.15) is 16.7 Å². The molecule has 2 rings (SSSR count). The molecule has 0 atom stereocenters. The summed E-state index contributed by atoms with van der Waals surface area (Å²) in [7, 11) is 0. The molecule has 4 nitrogen and oxygen atoms in total. The lowest BCUT2D eigenvalue weighted by Gasteiger charge is -1.99. The van der Waals surface area contributed by atoms with Crippen molar-refractivity contribution in [1.82, 2.24) is 5.16 Å². The number of benzene rings is 1. The van der Waals surface area contributed by atoms with Gasteiger partial charge in [0.2, 0.25) is 0 Å². The summed E-state index contributed by atoms with van der Waals surface area (Å²) in [5, 5.41) is 11.2. The fourth-order valence-corrected chi connectivity index (χ4v) is 1.32. The van der Waals surface area contributed by atoms with Crippen molar-refractivity contribution < 1.29 is 23.2 Å². The number of carbonyl (C=O) groups is 1. The zero-order chi connectivity index (χ0) is 12.6. The first kappa shape index (κ1) is 11.5. The van der Waals surface area contributed by atoms with Crippen molar-refractivity contribution in [3.05, 3.63) is 40.6 Å². The largest absolute Gasteiger partial charge is 0.476 e. The number of nitrogens with zero attached hydrogens (tertiary/aromatic N) is 1. The van der Waals surface area contributed by atoms with E-state index in [9.17, 15) is 13.6 Å². The first-order chi connectivity index (χ1) is 7.99. The fraction of sp³-hybridized carbons (Fsp3) is 0. The van der Waals surface area contributed by atoms with Crippen molar-refractivity contribution in [2.45, 2.75) is 0 Å². The summed E-state index contributed by atoms with van der Waals surface area (Å²) in [6.07, 6.45) is 0. The van der Waals surface area contributed by atoms with Crippen molar-refractivity contribution in [2.24, 2.45) is 0 Å². The molecule has 0 bridgehead atoms. The van der Waals surface area contributed by atoms with E-state index in [2.05, 4.69) is 9.68 Å². The average Bonchev–Trinajstić information content (AvgIpc) is 2.74. The Hall–Kier alpha value is -1.95. The number of carboxylic acids is 1. The maximum Gasteiger partial charge on any atom is 0.358 e. The van der Waals surface area contributed by atoms with Crippen LogP contribution in [-0.2, 0) is 0 Å². The van der Waals surface area contributed by atoms with E-state index in [0.717, 1.165) is 18.2 Å². The second-order valence-electron chi connectivity index (χ2n) is 3.14. The molecular weight excluding hydrogens is 256 g/mol. The number of hydrogen-bond acceptors (Lipinski definition) is 3. The van der Waals surface area contributed by atoms with Crippen LogP contribution in [0, 0.1) is 11.6 Å². The average molecular weight is 260 g/mol. The van der Waals surface area contributed by atoms with Crippen LogP contribution in [0.15, 0.2) is 22.7 Å². The minimum atomic E-state index is -1.30. The third-order valence-corrected chi connectivity index (χ3v) is 2.36. The molecule has 1 aromatic heterocycles. The van der Waals surface area contributed by atoms with E-state index in [1.807, 2.05) is 0 Å². The van der Waals surface area contributed by atoms with Gasteiger partial charge in [0.25, 0.3) is 0 Å². The molecule has 0 fully saturated rings. The Labute approximate surface area is 98.4 Å². The minimum absolute atomic E-state index is 0.0180. The maximum absolute atomic E-state index is 13.1. The third kappa shape index (κ3) is 2.12. The van der Waals surface area contributed by atoms with Crippen LogP contribution in [0.3, 0.4) is 0 Å². The van der Waals surface area contributed by atoms with E-state index in [4.69, 9.17) is 16.7 Å². The maximum atomic E-state index is 13.1. The molecule has 0 spiro atoms. The van der Waals surface area contributed by atoms with Gasteiger partial charge in [0, 0.05) is 11.6 Å². The number of carboxylic acid groups (broad SMARTS) is 1. The smallest absolute Gasteiger partial charge is 0.358 e. The minimum Gasteiger partial charge on any atom is -0.476 e. The van der Waals surface area contributed by atoms with Gasteiger partial charge in [0.15, 0.2) is 11.5 Å². The lowest BCUT2D eigenvalue weighted by molar-refractivity contribution is 0.0686. The van der Waals surface area contributed by atoms with Gasteiger partial charge in [-0.1, -0.05) is 16.8 Å². The first-order valence-electron chi connectivity index (χ1n) is 4.34. The van der Waals surface area contributed by atoms with Crippen LogP contribution in [0.25, 0.3) is 11.3 Å². The van der Waals surface area contributed by atoms with Crippen LogP contribution >= 0.6 is 11.6 Å². The lowest BCUT2D eigenvalue weighted by atomic mass is 10.1. The SMILES string of the molecule is O=C(O)c1cc(-c2cc(F)c(Cl)c(F)c2)on1. The molecule has 0 aliphatic rings. The van der Waals surface area contributed by atoms with Gasteiger partial charge < -0.3 is 9.63 Å². The molecule has 0 aliphatic carbocycles. The predicted octanol–water partition coefficient (Wildman–Crippen LogP) is 2.97. The van der Waals surface area contributed by atoms with E-state index in [0.29, 0.717) is 0 Å². The van der Waals surface area contributed by atoms with Crippen molar-refractivity contribution >= 4 is 17.6 Å². The highest BCUT2D eigenvalue weighted by atomic mass is 35.5. The highest BCUT2D eigenvalue weighted by molar-refractivity contribution is 6.30. The van der Waals surface area contributed by atoms with Crippen LogP contribution in [0.2, 0.25) is 5.02 Å². The van der Waals surface area contributed by atoms with Crippen LogP contribution in [0.1, 0.15) is 10.5 Å². The lowest BCUT2D eigenvalue weighted by Crippen LogP contribution is -1.94. The highest BCUT2D eigenvalue weighted by Gasteiger charge is 2.15. The Kier molecular flexibility index (Phi) is 2.81. The monoisotopic (exact) mass is 259 g/mol. The molecule has 7 heteroatoms. The molecule has 1 N–H and O–H groups in total. The normalized spacial score (nSPS) is 10.5. The molecule has 0 saturated carbocycles. The molecule has 17 heavy (non-hydrogen) atoms. The standard InChI is InChI=1S/C10H4ClF2NO3/c11-9-5(12)1-4(2-6(9)13)8-3-7(10(15)16)14-17-8/h1-3H,(H,15,16). The molecular formula is C10H4ClF2NO3. The number of aromatic nitrogens is 1. The highest BCUT2D eigenvalue weighted by Crippen LogP contribution is 2.27. The topological polar surface area (TPSA) is 63.3 Å². The molecule has 0 amide bonds. The number of halogens is 3. The second kappa shape index (κ2) is 4.14. The van der Waals surface area contributed by atoms with E-state index in [1.54, 1.807) is 0 Å². The van der Waals surface area contributed by atoms with Gasteiger partial charge in [-0.15, -0.1) is 0 Å². The van der Waals surface area contributed by atoms with Crippen molar-refractivity contribution in [2.75, 3.05) is 0 Å². The molecule has 88 valence electrons. The predicted molar refractivity (Wildman–Crippen MR) is 53.8 cm³/mol. The first-order valence-corrected chi connectivity index (χ1v) is 4.71. The summed E-state index contributed by atoms with van der Waals surface area (Å²) < 4.78 is 30.9. The van der Waals surface area contributed by atoms with Crippen LogP contribution < -0.4 is 0 Å². The number of aromatic carboxylic acids is 1. The third-order valence-electron chi connectivity index (χ3n) is 2.00. The van der Waals surface area contributed by atoms with E-state index in [1.165, 1.54) is 0 Å².